The smallest absolute Gasteiger partial charge is 0.322 e. The molecule has 0 spiro atoms. The number of hydrogen-bond donors (Lipinski definition) is 1. The third kappa shape index (κ3) is 3.41. The lowest BCUT2D eigenvalue weighted by Gasteiger charge is -2.31. The maximum Gasteiger partial charge on any atom is 0.322 e. The predicted molar refractivity (Wildman–Crippen MR) is 89.0 cm³/mol. The molecule has 1 aliphatic heterocycles. The molecule has 1 fully saturated rings. The van der Waals surface area contributed by atoms with Gasteiger partial charge in [-0.3, -0.25) is 0 Å². The summed E-state index contributed by atoms with van der Waals surface area (Å²) in [5, 5.41) is 7.01. The van der Waals surface area contributed by atoms with Gasteiger partial charge in [-0.05, 0) is 45.0 Å². The van der Waals surface area contributed by atoms with E-state index >= 15 is 0 Å². The Bertz CT molecular complexity index is 759. The summed E-state index contributed by atoms with van der Waals surface area (Å²) in [6, 6.07) is 6.24. The molecule has 24 heavy (non-hydrogen) atoms. The highest BCUT2D eigenvalue weighted by molar-refractivity contribution is 5.89. The fourth-order valence-electron chi connectivity index (χ4n) is 2.83. The minimum Gasteiger partial charge on any atom is -0.375 e. The van der Waals surface area contributed by atoms with Crippen LogP contribution in [0.4, 0.5) is 14.9 Å². The molecular formula is C17H21FN4O2. The van der Waals surface area contributed by atoms with Crippen LogP contribution in [-0.4, -0.2) is 46.5 Å². The number of anilines is 1. The van der Waals surface area contributed by atoms with Gasteiger partial charge >= 0.3 is 6.03 Å². The summed E-state index contributed by atoms with van der Waals surface area (Å²) < 4.78 is 21.4. The van der Waals surface area contributed by atoms with Crippen LogP contribution in [0.2, 0.25) is 0 Å². The van der Waals surface area contributed by atoms with E-state index in [4.69, 9.17) is 4.74 Å². The van der Waals surface area contributed by atoms with Crippen molar-refractivity contribution < 1.29 is 13.9 Å². The van der Waals surface area contributed by atoms with Gasteiger partial charge in [0.05, 0.1) is 18.4 Å². The first-order valence-corrected chi connectivity index (χ1v) is 7.95. The fourth-order valence-corrected chi connectivity index (χ4v) is 2.83. The van der Waals surface area contributed by atoms with Crippen LogP contribution in [0.5, 0.6) is 0 Å². The highest BCUT2D eigenvalue weighted by atomic mass is 19.1. The van der Waals surface area contributed by atoms with Gasteiger partial charge in [0, 0.05) is 24.5 Å². The molecule has 1 atom stereocenters. The average Bonchev–Trinajstić information content (AvgIpc) is 2.86. The summed E-state index contributed by atoms with van der Waals surface area (Å²) in [5.74, 6) is -0.436. The Kier molecular flexibility index (Phi) is 4.53. The van der Waals surface area contributed by atoms with Gasteiger partial charge in [0.1, 0.15) is 5.69 Å². The standard InChI is InChI=1S/C17H21FN4O2/c1-11-8-12(2)22(20-11)16-5-4-14(9-15(16)18)19-17(23)21-6-7-24-13(3)10-21/h4-5,8-9,13H,6-7,10H2,1-3H3,(H,19,23)/t13-/m1/s1. The number of urea groups is 1. The van der Waals surface area contributed by atoms with E-state index in [1.165, 1.54) is 6.07 Å². The van der Waals surface area contributed by atoms with Crippen LogP contribution in [0.3, 0.4) is 0 Å². The van der Waals surface area contributed by atoms with Gasteiger partial charge in [0.15, 0.2) is 5.82 Å². The number of ether oxygens (including phenoxy) is 1. The molecule has 1 saturated heterocycles. The topological polar surface area (TPSA) is 59.4 Å². The predicted octanol–water partition coefficient (Wildman–Crippen LogP) is 2.88. The Labute approximate surface area is 140 Å². The van der Waals surface area contributed by atoms with E-state index in [1.807, 2.05) is 26.8 Å². The lowest BCUT2D eigenvalue weighted by atomic mass is 10.2. The van der Waals surface area contributed by atoms with Crippen LogP contribution < -0.4 is 5.32 Å². The summed E-state index contributed by atoms with van der Waals surface area (Å²) in [6.45, 7) is 7.22. The molecule has 1 aliphatic rings. The Morgan fingerprint density at radius 2 is 2.17 bits per heavy atom. The molecular weight excluding hydrogens is 311 g/mol. The minimum absolute atomic E-state index is 0.00893. The number of rotatable bonds is 2. The fraction of sp³-hybridized carbons (Fsp3) is 0.412. The number of nitrogens with one attached hydrogen (secondary N) is 1. The molecule has 2 aromatic rings. The van der Waals surface area contributed by atoms with E-state index in [-0.39, 0.29) is 12.1 Å². The van der Waals surface area contributed by atoms with Crippen LogP contribution in [0.25, 0.3) is 5.69 Å². The van der Waals surface area contributed by atoms with Crippen LogP contribution in [0.1, 0.15) is 18.3 Å². The van der Waals surface area contributed by atoms with E-state index < -0.39 is 5.82 Å². The molecule has 0 bridgehead atoms. The maximum atomic E-state index is 14.4. The first-order valence-electron chi connectivity index (χ1n) is 7.95. The summed E-state index contributed by atoms with van der Waals surface area (Å²) in [7, 11) is 0. The van der Waals surface area contributed by atoms with Crippen molar-refractivity contribution in [2.75, 3.05) is 25.0 Å². The first kappa shape index (κ1) is 16.4. The van der Waals surface area contributed by atoms with Gasteiger partial charge in [0.2, 0.25) is 0 Å². The number of aromatic nitrogens is 2. The summed E-state index contributed by atoms with van der Waals surface area (Å²) >= 11 is 0. The van der Waals surface area contributed by atoms with E-state index in [0.29, 0.717) is 31.1 Å². The normalized spacial score (nSPS) is 17.8. The van der Waals surface area contributed by atoms with Gasteiger partial charge < -0.3 is 15.0 Å². The molecule has 1 N–H and O–H groups in total. The quantitative estimate of drug-likeness (QED) is 0.920. The molecule has 2 heterocycles. The zero-order valence-electron chi connectivity index (χ0n) is 14.0. The highest BCUT2D eigenvalue weighted by Crippen LogP contribution is 2.20. The number of amides is 2. The van der Waals surface area contributed by atoms with Crippen molar-refractivity contribution in [3.8, 4) is 5.69 Å². The van der Waals surface area contributed by atoms with Crippen molar-refractivity contribution in [2.24, 2.45) is 0 Å². The summed E-state index contributed by atoms with van der Waals surface area (Å²) in [5.41, 5.74) is 2.46. The van der Waals surface area contributed by atoms with Crippen LogP contribution in [-0.2, 0) is 4.74 Å². The molecule has 3 rings (SSSR count). The maximum absolute atomic E-state index is 14.4. The molecule has 1 aromatic heterocycles. The van der Waals surface area contributed by atoms with E-state index in [2.05, 4.69) is 10.4 Å². The second kappa shape index (κ2) is 6.60. The average molecular weight is 332 g/mol. The third-order valence-corrected chi connectivity index (χ3v) is 3.97. The van der Waals surface area contributed by atoms with Gasteiger partial charge in [-0.25, -0.2) is 13.9 Å². The van der Waals surface area contributed by atoms with Crippen LogP contribution in [0, 0.1) is 19.7 Å². The van der Waals surface area contributed by atoms with Crippen molar-refractivity contribution in [1.29, 1.82) is 0 Å². The molecule has 0 unspecified atom stereocenters. The van der Waals surface area contributed by atoms with Crippen LogP contribution in [0.15, 0.2) is 24.3 Å². The number of carbonyl (C=O) groups is 1. The number of carbonyl (C=O) groups excluding carboxylic acids is 1. The van der Waals surface area contributed by atoms with Gasteiger partial charge in [-0.15, -0.1) is 0 Å². The third-order valence-electron chi connectivity index (χ3n) is 3.97. The van der Waals surface area contributed by atoms with Crippen molar-refractivity contribution in [2.45, 2.75) is 26.9 Å². The van der Waals surface area contributed by atoms with Crippen molar-refractivity contribution >= 4 is 11.7 Å². The van der Waals surface area contributed by atoms with Gasteiger partial charge in [-0.2, -0.15) is 5.10 Å². The van der Waals surface area contributed by atoms with E-state index in [1.54, 1.807) is 21.7 Å². The molecule has 6 nitrogen and oxygen atoms in total. The molecule has 7 heteroatoms. The number of benzene rings is 1. The minimum atomic E-state index is -0.436. The van der Waals surface area contributed by atoms with Crippen LogP contribution >= 0.6 is 0 Å². The Morgan fingerprint density at radius 1 is 1.38 bits per heavy atom. The SMILES string of the molecule is Cc1cc(C)n(-c2ccc(NC(=O)N3CCO[C@H](C)C3)cc2F)n1. The Balaban J connectivity index is 1.75. The van der Waals surface area contributed by atoms with Crippen molar-refractivity contribution in [3.63, 3.8) is 0 Å². The lowest BCUT2D eigenvalue weighted by molar-refractivity contribution is -0.00138. The second-order valence-corrected chi connectivity index (χ2v) is 6.06. The number of nitrogens with zero attached hydrogens (tertiary/aromatic N) is 3. The number of halogens is 1. The van der Waals surface area contributed by atoms with Gasteiger partial charge in [0.25, 0.3) is 0 Å². The molecule has 1 aromatic carbocycles. The molecule has 0 aliphatic carbocycles. The first-order chi connectivity index (χ1) is 11.4. The van der Waals surface area contributed by atoms with Crippen molar-refractivity contribution in [1.82, 2.24) is 14.7 Å². The molecule has 0 saturated carbocycles. The number of hydrogen-bond acceptors (Lipinski definition) is 3. The zero-order chi connectivity index (χ0) is 17.3. The Morgan fingerprint density at radius 3 is 2.79 bits per heavy atom. The largest absolute Gasteiger partial charge is 0.375 e. The van der Waals surface area contributed by atoms with Crippen molar-refractivity contribution in [3.05, 3.63) is 41.5 Å². The Hall–Kier alpha value is -2.41. The summed E-state index contributed by atoms with van der Waals surface area (Å²) in [4.78, 5) is 13.9. The number of aryl methyl sites for hydroxylation is 2. The highest BCUT2D eigenvalue weighted by Gasteiger charge is 2.21. The van der Waals surface area contributed by atoms with Gasteiger partial charge in [-0.1, -0.05) is 0 Å². The van der Waals surface area contributed by atoms with E-state index in [9.17, 15) is 9.18 Å². The number of morpholine rings is 1. The second-order valence-electron chi connectivity index (χ2n) is 6.06. The molecule has 2 amide bonds. The monoisotopic (exact) mass is 332 g/mol. The summed E-state index contributed by atoms with van der Waals surface area (Å²) in [6.07, 6.45) is 0.00893. The molecule has 128 valence electrons. The molecule has 0 radical (unpaired) electrons. The lowest BCUT2D eigenvalue weighted by Crippen LogP contribution is -2.46. The zero-order valence-corrected chi connectivity index (χ0v) is 14.0. The van der Waals surface area contributed by atoms with E-state index in [0.717, 1.165) is 11.4 Å².